The van der Waals surface area contributed by atoms with Gasteiger partial charge in [-0.25, -0.2) is 4.57 Å². The molecule has 0 aromatic rings. The molecule has 0 heterocycles. The van der Waals surface area contributed by atoms with Crippen molar-refractivity contribution in [1.29, 1.82) is 0 Å². The Hall–Kier alpha value is -2.81. The molecular weight excluding hydrogens is 1250 g/mol. The summed E-state index contributed by atoms with van der Waals surface area (Å²) in [5.41, 5.74) is 0. The summed E-state index contributed by atoms with van der Waals surface area (Å²) >= 11 is 0. The minimum Gasteiger partial charge on any atom is -0.462 e. The van der Waals surface area contributed by atoms with Crippen LogP contribution in [0.1, 0.15) is 425 Å². The van der Waals surface area contributed by atoms with E-state index >= 15 is 0 Å². The Morgan fingerprint density at radius 2 is 0.570 bits per heavy atom. The Balaban J connectivity index is 3.87. The maximum atomic E-state index is 12.9. The van der Waals surface area contributed by atoms with E-state index < -0.39 is 26.5 Å². The number of nitrogens with zero attached hydrogens (tertiary/aromatic N) is 1. The van der Waals surface area contributed by atoms with Gasteiger partial charge in [0.1, 0.15) is 19.8 Å². The lowest BCUT2D eigenvalue weighted by atomic mass is 10.0. The van der Waals surface area contributed by atoms with Crippen LogP contribution in [0, 0.1) is 0 Å². The van der Waals surface area contributed by atoms with E-state index in [9.17, 15) is 19.0 Å². The highest BCUT2D eigenvalue weighted by molar-refractivity contribution is 7.47. The second-order valence-corrected chi connectivity index (χ2v) is 32.0. The van der Waals surface area contributed by atoms with Gasteiger partial charge in [0, 0.05) is 12.8 Å². The average molecular weight is 1420 g/mol. The van der Waals surface area contributed by atoms with Crippen LogP contribution in [0.15, 0.2) is 85.1 Å². The van der Waals surface area contributed by atoms with Crippen LogP contribution in [0.2, 0.25) is 0 Å². The lowest BCUT2D eigenvalue weighted by Gasteiger charge is -2.24. The number of carbonyl (C=O) groups is 2. The molecule has 2 unspecified atom stereocenters. The van der Waals surface area contributed by atoms with Crippen LogP contribution in [0.4, 0.5) is 0 Å². The molecule has 2 atom stereocenters. The minimum atomic E-state index is -4.40. The summed E-state index contributed by atoms with van der Waals surface area (Å²) in [5.74, 6) is -0.773. The molecule has 0 bridgehead atoms. The number of carbonyl (C=O) groups excluding carboxylic acids is 2. The largest absolute Gasteiger partial charge is 0.472 e. The zero-order valence-corrected chi connectivity index (χ0v) is 67.8. The first-order valence-electron chi connectivity index (χ1n) is 43.3. The Morgan fingerprint density at radius 1 is 0.320 bits per heavy atom. The summed E-state index contributed by atoms with van der Waals surface area (Å²) < 4.78 is 34.9. The van der Waals surface area contributed by atoms with Gasteiger partial charge in [0.2, 0.25) is 0 Å². The van der Waals surface area contributed by atoms with Gasteiger partial charge in [0.15, 0.2) is 6.10 Å². The molecule has 0 rings (SSSR count). The zero-order chi connectivity index (χ0) is 72.5. The molecule has 0 amide bonds. The summed E-state index contributed by atoms with van der Waals surface area (Å²) in [4.78, 5) is 36.0. The van der Waals surface area contributed by atoms with Gasteiger partial charge in [-0.15, -0.1) is 0 Å². The topological polar surface area (TPSA) is 108 Å². The Labute approximate surface area is 621 Å². The van der Waals surface area contributed by atoms with Crippen molar-refractivity contribution in [2.24, 2.45) is 0 Å². The minimum absolute atomic E-state index is 0.0337. The molecule has 0 radical (unpaired) electrons. The molecule has 9 nitrogen and oxygen atoms in total. The fourth-order valence-corrected chi connectivity index (χ4v) is 13.6. The molecule has 0 saturated carbocycles. The number of hydrogen-bond acceptors (Lipinski definition) is 7. The molecule has 0 aromatic carbocycles. The third kappa shape index (κ3) is 84.1. The molecule has 0 aromatic heterocycles. The number of likely N-dealkylation sites (N-methyl/N-ethyl adjacent to an activating group) is 1. The maximum Gasteiger partial charge on any atom is 0.472 e. The Morgan fingerprint density at radius 3 is 0.850 bits per heavy atom. The number of allylic oxidation sites excluding steroid dienone is 14. The van der Waals surface area contributed by atoms with Crippen LogP contribution >= 0.6 is 7.82 Å². The fraction of sp³-hybridized carbons (Fsp3) is 0.822. The van der Waals surface area contributed by atoms with Gasteiger partial charge in [-0.3, -0.25) is 18.6 Å². The second kappa shape index (κ2) is 80.3. The SMILES string of the molecule is CC/C=C\C/C=C\C/C=C\C/C=C\C/C=C\CCCCCCCCCCCCCCCCCCCCCCCCCCCC(=O)OC(COC(=O)CCCCCCCCCCCCCCCCCCCCCCCCC/C=C\C/C=C\CCCCCCC)COP(=O)(O)OCC[N+](C)(C)C. The third-order valence-electron chi connectivity index (χ3n) is 19.4. The Bertz CT molecular complexity index is 1970. The van der Waals surface area contributed by atoms with Crippen LogP contribution in [0.3, 0.4) is 0 Å². The van der Waals surface area contributed by atoms with Crippen LogP contribution in [-0.4, -0.2) is 74.9 Å². The van der Waals surface area contributed by atoms with Crippen LogP contribution in [0.25, 0.3) is 0 Å². The van der Waals surface area contributed by atoms with Gasteiger partial charge in [-0.1, -0.05) is 407 Å². The molecule has 0 fully saturated rings. The number of unbranched alkanes of at least 4 members (excludes halogenated alkanes) is 53. The van der Waals surface area contributed by atoms with E-state index in [1.165, 1.54) is 321 Å². The van der Waals surface area contributed by atoms with E-state index in [0.717, 1.165) is 70.6 Å². The lowest BCUT2D eigenvalue weighted by molar-refractivity contribution is -0.870. The first-order valence-corrected chi connectivity index (χ1v) is 44.8. The van der Waals surface area contributed by atoms with Gasteiger partial charge in [0.25, 0.3) is 0 Å². The molecule has 0 aliphatic heterocycles. The molecule has 0 saturated heterocycles. The van der Waals surface area contributed by atoms with E-state index in [2.05, 4.69) is 98.9 Å². The van der Waals surface area contributed by atoms with Gasteiger partial charge in [-0.2, -0.15) is 0 Å². The molecule has 100 heavy (non-hydrogen) atoms. The van der Waals surface area contributed by atoms with Crippen molar-refractivity contribution in [2.75, 3.05) is 47.5 Å². The number of esters is 2. The van der Waals surface area contributed by atoms with Crippen molar-refractivity contribution in [2.45, 2.75) is 431 Å². The predicted octanol–water partition coefficient (Wildman–Crippen LogP) is 29.2. The van der Waals surface area contributed by atoms with Crippen LogP contribution in [-0.2, 0) is 32.7 Å². The molecular formula is C90H167NO8P+. The molecule has 10 heteroatoms. The monoisotopic (exact) mass is 1420 g/mol. The standard InChI is InChI=1S/C90H166NO8P/c1-6-8-10-12-14-16-18-20-22-24-26-28-30-32-34-36-38-40-42-43-44-45-46-47-49-51-53-55-57-59-61-63-65-67-69-71-73-75-77-79-81-83-90(93)99-88(87-98-100(94,95)97-85-84-91(3,4)5)86-96-89(92)82-80-78-76-74-72-70-68-66-64-62-60-58-56-54-52-50-48-41-39-37-35-33-31-29-27-25-23-21-19-17-15-13-11-9-7-2/h8,10,14,16,19-22,25-28,32,34,88H,6-7,9,11-13,15,17-18,23-24,29-31,33,35-87H2,1-5H3/p+1/b10-8-,16-14-,21-19-,22-20-,27-25-,28-26-,34-32-. The van der Waals surface area contributed by atoms with Gasteiger partial charge in [-0.05, 0) is 89.9 Å². The van der Waals surface area contributed by atoms with Crippen molar-refractivity contribution in [3.8, 4) is 0 Å². The van der Waals surface area contributed by atoms with E-state index in [4.69, 9.17) is 18.5 Å². The lowest BCUT2D eigenvalue weighted by Crippen LogP contribution is -2.37. The van der Waals surface area contributed by atoms with Crippen molar-refractivity contribution >= 4 is 19.8 Å². The number of quaternary nitrogens is 1. The van der Waals surface area contributed by atoms with Gasteiger partial charge >= 0.3 is 19.8 Å². The second-order valence-electron chi connectivity index (χ2n) is 30.5. The van der Waals surface area contributed by atoms with Crippen molar-refractivity contribution in [1.82, 2.24) is 0 Å². The maximum absolute atomic E-state index is 12.9. The molecule has 0 aliphatic rings. The number of hydrogen-bond donors (Lipinski definition) is 1. The van der Waals surface area contributed by atoms with E-state index in [0.29, 0.717) is 23.9 Å². The summed E-state index contributed by atoms with van der Waals surface area (Å²) in [6.07, 6.45) is 112. The summed E-state index contributed by atoms with van der Waals surface area (Å²) in [5, 5.41) is 0. The first kappa shape index (κ1) is 97.2. The van der Waals surface area contributed by atoms with Crippen LogP contribution in [0.5, 0.6) is 0 Å². The highest BCUT2D eigenvalue weighted by atomic mass is 31.2. The quantitative estimate of drug-likeness (QED) is 0.0211. The van der Waals surface area contributed by atoms with Crippen LogP contribution < -0.4 is 0 Å². The first-order chi connectivity index (χ1) is 49.0. The van der Waals surface area contributed by atoms with Crippen molar-refractivity contribution in [3.63, 3.8) is 0 Å². The van der Waals surface area contributed by atoms with Crippen molar-refractivity contribution in [3.05, 3.63) is 85.1 Å². The summed E-state index contributed by atoms with van der Waals surface area (Å²) in [7, 11) is 1.50. The molecule has 584 valence electrons. The third-order valence-corrected chi connectivity index (χ3v) is 20.4. The highest BCUT2D eigenvalue weighted by Gasteiger charge is 2.27. The highest BCUT2D eigenvalue weighted by Crippen LogP contribution is 2.43. The number of ether oxygens (including phenoxy) is 2. The van der Waals surface area contributed by atoms with E-state index in [1.807, 2.05) is 21.1 Å². The van der Waals surface area contributed by atoms with Gasteiger partial charge in [0.05, 0.1) is 27.7 Å². The number of phosphoric acid groups is 1. The summed E-state index contributed by atoms with van der Waals surface area (Å²) in [6, 6.07) is 0. The normalized spacial score (nSPS) is 13.4. The Kier molecular flexibility index (Phi) is 78.0. The zero-order valence-electron chi connectivity index (χ0n) is 66.9. The predicted molar refractivity (Wildman–Crippen MR) is 436 cm³/mol. The molecule has 0 aliphatic carbocycles. The van der Waals surface area contributed by atoms with E-state index in [1.54, 1.807) is 0 Å². The van der Waals surface area contributed by atoms with Crippen molar-refractivity contribution < 1.29 is 42.1 Å². The molecule has 1 N–H and O–H groups in total. The molecule has 0 spiro atoms. The van der Waals surface area contributed by atoms with Gasteiger partial charge < -0.3 is 18.9 Å². The number of rotatable bonds is 81. The average Bonchev–Trinajstić information content (AvgIpc) is 1.30. The van der Waals surface area contributed by atoms with E-state index in [-0.39, 0.29) is 25.6 Å². The smallest absolute Gasteiger partial charge is 0.462 e. The fourth-order valence-electron chi connectivity index (χ4n) is 12.8. The summed E-state index contributed by atoms with van der Waals surface area (Å²) in [6.45, 7) is 4.38. The number of phosphoric ester groups is 1.